The maximum absolute atomic E-state index is 12.2. The number of nitrogen functional groups attached to an aromatic ring is 1. The predicted octanol–water partition coefficient (Wildman–Crippen LogP) is 1.27. The van der Waals surface area contributed by atoms with Crippen molar-refractivity contribution >= 4 is 22.4 Å². The van der Waals surface area contributed by atoms with Crippen molar-refractivity contribution in [3.8, 4) is 0 Å². The van der Waals surface area contributed by atoms with Gasteiger partial charge in [0.25, 0.3) is 0 Å². The number of fused-ring (bicyclic) bond motifs is 2. The largest absolute Gasteiger partial charge is 0.439 e. The summed E-state index contributed by atoms with van der Waals surface area (Å²) in [7, 11) is 0. The molecule has 0 fully saturated rings. The molecule has 0 aliphatic carbocycles. The minimum absolute atomic E-state index is 0.176. The third kappa shape index (κ3) is 1.86. The molecule has 1 aromatic carbocycles. The van der Waals surface area contributed by atoms with Gasteiger partial charge < -0.3 is 10.2 Å². The van der Waals surface area contributed by atoms with Gasteiger partial charge in [0.05, 0.1) is 0 Å². The quantitative estimate of drug-likeness (QED) is 0.559. The predicted molar refractivity (Wildman–Crippen MR) is 77.0 cm³/mol. The van der Waals surface area contributed by atoms with Gasteiger partial charge in [0.2, 0.25) is 5.89 Å². The van der Waals surface area contributed by atoms with E-state index in [-0.39, 0.29) is 12.2 Å². The van der Waals surface area contributed by atoms with E-state index >= 15 is 0 Å². The first kappa shape index (κ1) is 11.7. The van der Waals surface area contributed by atoms with Crippen LogP contribution in [0, 0.1) is 0 Å². The SMILES string of the molecule is Nc1ccc2oc(Cn3nc4ccccn4c3=O)nc2c1. The number of nitrogens with two attached hydrogens (primary N) is 1. The van der Waals surface area contributed by atoms with Gasteiger partial charge in [-0.25, -0.2) is 14.5 Å². The van der Waals surface area contributed by atoms with Crippen LogP contribution in [0.25, 0.3) is 16.7 Å². The summed E-state index contributed by atoms with van der Waals surface area (Å²) in [6.07, 6.45) is 1.67. The van der Waals surface area contributed by atoms with Crippen molar-refractivity contribution in [2.75, 3.05) is 5.73 Å². The summed E-state index contributed by atoms with van der Waals surface area (Å²) in [5, 5.41) is 4.24. The van der Waals surface area contributed by atoms with E-state index in [0.717, 1.165) is 0 Å². The van der Waals surface area contributed by atoms with E-state index in [1.165, 1.54) is 9.08 Å². The number of hydrogen-bond donors (Lipinski definition) is 1. The van der Waals surface area contributed by atoms with Gasteiger partial charge in [0.15, 0.2) is 11.2 Å². The molecule has 0 unspecified atom stereocenters. The lowest BCUT2D eigenvalue weighted by Gasteiger charge is -1.92. The van der Waals surface area contributed by atoms with Crippen molar-refractivity contribution in [3.05, 3.63) is 59.0 Å². The van der Waals surface area contributed by atoms with E-state index in [4.69, 9.17) is 10.2 Å². The van der Waals surface area contributed by atoms with Gasteiger partial charge in [-0.05, 0) is 30.3 Å². The molecule has 21 heavy (non-hydrogen) atoms. The van der Waals surface area contributed by atoms with Crippen LogP contribution in [0.1, 0.15) is 5.89 Å². The highest BCUT2D eigenvalue weighted by Gasteiger charge is 2.11. The van der Waals surface area contributed by atoms with E-state index in [2.05, 4.69) is 10.1 Å². The summed E-state index contributed by atoms with van der Waals surface area (Å²) < 4.78 is 8.40. The van der Waals surface area contributed by atoms with Gasteiger partial charge in [0.1, 0.15) is 12.1 Å². The Morgan fingerprint density at radius 1 is 1.24 bits per heavy atom. The number of oxazole rings is 1. The number of pyridine rings is 1. The summed E-state index contributed by atoms with van der Waals surface area (Å²) in [5.74, 6) is 0.418. The molecule has 7 heteroatoms. The molecule has 0 aliphatic heterocycles. The van der Waals surface area contributed by atoms with Crippen LogP contribution in [0.3, 0.4) is 0 Å². The lowest BCUT2D eigenvalue weighted by atomic mass is 10.3. The summed E-state index contributed by atoms with van der Waals surface area (Å²) in [6, 6.07) is 10.6. The van der Waals surface area contributed by atoms with E-state index in [9.17, 15) is 4.79 Å². The highest BCUT2D eigenvalue weighted by molar-refractivity contribution is 5.76. The molecule has 0 atom stereocenters. The van der Waals surface area contributed by atoms with Crippen LogP contribution in [0.5, 0.6) is 0 Å². The average molecular weight is 281 g/mol. The molecule has 0 aliphatic rings. The summed E-state index contributed by atoms with van der Waals surface area (Å²) in [4.78, 5) is 16.5. The minimum Gasteiger partial charge on any atom is -0.439 e. The molecule has 0 spiro atoms. The summed E-state index contributed by atoms with van der Waals surface area (Å²) in [5.41, 5.74) is 7.99. The van der Waals surface area contributed by atoms with E-state index in [0.29, 0.717) is 28.3 Å². The van der Waals surface area contributed by atoms with Gasteiger partial charge in [-0.15, -0.1) is 5.10 Å². The normalized spacial score (nSPS) is 11.4. The van der Waals surface area contributed by atoms with Crippen molar-refractivity contribution in [2.45, 2.75) is 6.54 Å². The average Bonchev–Trinajstić information content (AvgIpc) is 3.01. The Morgan fingerprint density at radius 2 is 2.14 bits per heavy atom. The van der Waals surface area contributed by atoms with Crippen LogP contribution in [0.15, 0.2) is 51.8 Å². The Labute approximate surface area is 118 Å². The fourth-order valence-corrected chi connectivity index (χ4v) is 2.26. The van der Waals surface area contributed by atoms with Gasteiger partial charge in [-0.1, -0.05) is 6.07 Å². The molecule has 2 N–H and O–H groups in total. The first-order valence-corrected chi connectivity index (χ1v) is 6.40. The van der Waals surface area contributed by atoms with Crippen molar-refractivity contribution in [1.29, 1.82) is 0 Å². The third-order valence-corrected chi connectivity index (χ3v) is 3.23. The number of rotatable bonds is 2. The fourth-order valence-electron chi connectivity index (χ4n) is 2.26. The molecule has 3 heterocycles. The molecular weight excluding hydrogens is 270 g/mol. The van der Waals surface area contributed by atoms with Crippen LogP contribution >= 0.6 is 0 Å². The second-order valence-corrected chi connectivity index (χ2v) is 4.70. The van der Waals surface area contributed by atoms with Gasteiger partial charge in [-0.3, -0.25) is 4.40 Å². The minimum atomic E-state index is -0.229. The van der Waals surface area contributed by atoms with E-state index in [1.54, 1.807) is 36.5 Å². The zero-order valence-electron chi connectivity index (χ0n) is 10.9. The molecule has 0 saturated heterocycles. The molecule has 4 rings (SSSR count). The Balaban J connectivity index is 1.79. The summed E-state index contributed by atoms with van der Waals surface area (Å²) in [6.45, 7) is 0.176. The van der Waals surface area contributed by atoms with Crippen molar-refractivity contribution < 1.29 is 4.42 Å². The van der Waals surface area contributed by atoms with Crippen LogP contribution in [-0.2, 0) is 6.54 Å². The molecule has 7 nitrogen and oxygen atoms in total. The number of hydrogen-bond acceptors (Lipinski definition) is 5. The molecule has 4 aromatic rings. The standard InChI is InChI=1S/C14H11N5O2/c15-9-4-5-11-10(7-9)16-13(21-11)8-19-14(20)18-6-2-1-3-12(18)17-19/h1-7H,8,15H2. The van der Waals surface area contributed by atoms with Crippen LogP contribution in [0.4, 0.5) is 5.69 Å². The Hall–Kier alpha value is -3.09. The van der Waals surface area contributed by atoms with E-state index < -0.39 is 0 Å². The Kier molecular flexibility index (Phi) is 2.34. The lowest BCUT2D eigenvalue weighted by molar-refractivity contribution is 0.485. The van der Waals surface area contributed by atoms with Crippen molar-refractivity contribution in [1.82, 2.24) is 19.2 Å². The molecule has 0 radical (unpaired) electrons. The first-order valence-electron chi connectivity index (χ1n) is 6.40. The number of anilines is 1. The third-order valence-electron chi connectivity index (χ3n) is 3.23. The maximum Gasteiger partial charge on any atom is 0.350 e. The zero-order chi connectivity index (χ0) is 14.4. The smallest absolute Gasteiger partial charge is 0.350 e. The topological polar surface area (TPSA) is 91.4 Å². The second kappa shape index (κ2) is 4.20. The highest BCUT2D eigenvalue weighted by atomic mass is 16.3. The molecule has 0 bridgehead atoms. The maximum atomic E-state index is 12.2. The fraction of sp³-hybridized carbons (Fsp3) is 0.0714. The highest BCUT2D eigenvalue weighted by Crippen LogP contribution is 2.18. The van der Waals surface area contributed by atoms with E-state index in [1.807, 2.05) is 6.07 Å². The Bertz CT molecular complexity index is 1010. The Morgan fingerprint density at radius 3 is 3.00 bits per heavy atom. The monoisotopic (exact) mass is 281 g/mol. The molecule has 104 valence electrons. The first-order chi connectivity index (χ1) is 10.2. The summed E-state index contributed by atoms with van der Waals surface area (Å²) >= 11 is 0. The van der Waals surface area contributed by atoms with Crippen molar-refractivity contribution in [3.63, 3.8) is 0 Å². The molecule has 0 amide bonds. The second-order valence-electron chi connectivity index (χ2n) is 4.70. The number of nitrogens with zero attached hydrogens (tertiary/aromatic N) is 4. The molecule has 3 aromatic heterocycles. The van der Waals surface area contributed by atoms with Crippen molar-refractivity contribution in [2.24, 2.45) is 0 Å². The number of aromatic nitrogens is 4. The van der Waals surface area contributed by atoms with Crippen LogP contribution in [-0.4, -0.2) is 19.2 Å². The van der Waals surface area contributed by atoms with Gasteiger partial charge >= 0.3 is 5.69 Å². The lowest BCUT2D eigenvalue weighted by Crippen LogP contribution is -2.21. The number of benzene rings is 1. The molecule has 0 saturated carbocycles. The zero-order valence-corrected chi connectivity index (χ0v) is 10.9. The molecular formula is C14H11N5O2. The van der Waals surface area contributed by atoms with Gasteiger partial charge in [0, 0.05) is 11.9 Å². The van der Waals surface area contributed by atoms with Crippen LogP contribution < -0.4 is 11.4 Å². The van der Waals surface area contributed by atoms with Crippen LogP contribution in [0.2, 0.25) is 0 Å². The van der Waals surface area contributed by atoms with Gasteiger partial charge in [-0.2, -0.15) is 0 Å².